The van der Waals surface area contributed by atoms with E-state index < -0.39 is 0 Å². The van der Waals surface area contributed by atoms with E-state index in [0.717, 1.165) is 18.4 Å². The van der Waals surface area contributed by atoms with Crippen LogP contribution in [0.25, 0.3) is 0 Å². The molecule has 0 aliphatic rings. The van der Waals surface area contributed by atoms with E-state index in [2.05, 4.69) is 12.2 Å². The highest BCUT2D eigenvalue weighted by atomic mass is 16.5. The fraction of sp³-hybridized carbons (Fsp3) is 0.389. The first-order chi connectivity index (χ1) is 11.7. The second kappa shape index (κ2) is 8.98. The predicted molar refractivity (Wildman–Crippen MR) is 91.2 cm³/mol. The van der Waals surface area contributed by atoms with E-state index in [9.17, 15) is 4.79 Å². The lowest BCUT2D eigenvalue weighted by Gasteiger charge is -2.12. The highest BCUT2D eigenvalue weighted by Gasteiger charge is 2.11. The summed E-state index contributed by atoms with van der Waals surface area (Å²) in [6.45, 7) is 3.42. The van der Waals surface area contributed by atoms with Gasteiger partial charge in [0.15, 0.2) is 11.5 Å². The summed E-state index contributed by atoms with van der Waals surface area (Å²) in [7, 11) is 1.60. The minimum Gasteiger partial charge on any atom is -0.493 e. The summed E-state index contributed by atoms with van der Waals surface area (Å²) in [4.78, 5) is 12.1. The zero-order valence-corrected chi connectivity index (χ0v) is 14.1. The molecular weight excluding hydrogens is 308 g/mol. The molecule has 0 spiro atoms. The van der Waals surface area contributed by atoms with E-state index in [-0.39, 0.29) is 12.5 Å². The highest BCUT2D eigenvalue weighted by molar-refractivity contribution is 5.93. The Kier molecular flexibility index (Phi) is 6.69. The second-order valence-corrected chi connectivity index (χ2v) is 5.38. The number of ether oxygens (including phenoxy) is 2. The van der Waals surface area contributed by atoms with Crippen LogP contribution in [-0.2, 0) is 13.1 Å². The van der Waals surface area contributed by atoms with Crippen molar-refractivity contribution in [1.29, 1.82) is 0 Å². The van der Waals surface area contributed by atoms with Crippen LogP contribution in [0.3, 0.4) is 0 Å². The summed E-state index contributed by atoms with van der Waals surface area (Å²) in [6.07, 6.45) is 3.48. The maximum absolute atomic E-state index is 12.1. The Hall–Kier alpha value is -2.47. The lowest BCUT2D eigenvalue weighted by Crippen LogP contribution is -2.22. The molecule has 0 unspecified atom stereocenters. The van der Waals surface area contributed by atoms with Crippen LogP contribution in [0.2, 0.25) is 0 Å². The van der Waals surface area contributed by atoms with Gasteiger partial charge in [-0.15, -0.1) is 0 Å². The zero-order chi connectivity index (χ0) is 17.4. The molecule has 6 nitrogen and oxygen atoms in total. The van der Waals surface area contributed by atoms with Gasteiger partial charge in [-0.05, 0) is 30.2 Å². The lowest BCUT2D eigenvalue weighted by atomic mass is 10.2. The number of amides is 1. The van der Waals surface area contributed by atoms with E-state index in [1.165, 1.54) is 6.26 Å². The first-order valence-corrected chi connectivity index (χ1v) is 8.03. The molecule has 0 saturated heterocycles. The summed E-state index contributed by atoms with van der Waals surface area (Å²) in [5.74, 6) is 1.74. The zero-order valence-electron chi connectivity index (χ0n) is 14.1. The van der Waals surface area contributed by atoms with Crippen molar-refractivity contribution < 1.29 is 18.7 Å². The van der Waals surface area contributed by atoms with Crippen molar-refractivity contribution in [3.63, 3.8) is 0 Å². The molecule has 0 saturated carbocycles. The van der Waals surface area contributed by atoms with Crippen LogP contribution in [0, 0.1) is 0 Å². The number of unbranched alkanes of at least 4 members (excludes halogenated alkanes) is 1. The Balaban J connectivity index is 1.95. The molecule has 1 heterocycles. The van der Waals surface area contributed by atoms with Gasteiger partial charge in [0.2, 0.25) is 0 Å². The number of benzene rings is 1. The van der Waals surface area contributed by atoms with Gasteiger partial charge in [-0.25, -0.2) is 0 Å². The molecule has 0 atom stereocenters. The molecule has 0 aliphatic heterocycles. The fourth-order valence-corrected chi connectivity index (χ4v) is 2.16. The van der Waals surface area contributed by atoms with Crippen LogP contribution in [0.15, 0.2) is 34.9 Å². The number of rotatable bonds is 9. The summed E-state index contributed by atoms with van der Waals surface area (Å²) < 4.78 is 16.2. The number of carbonyl (C=O) groups is 1. The molecule has 2 aromatic rings. The minimum atomic E-state index is -0.208. The van der Waals surface area contributed by atoms with Crippen LogP contribution >= 0.6 is 0 Å². The Morgan fingerprint density at radius 2 is 2.12 bits per heavy atom. The number of methoxy groups -OCH3 is 1. The monoisotopic (exact) mass is 332 g/mol. The number of furan rings is 1. The largest absolute Gasteiger partial charge is 0.493 e. The molecule has 6 heteroatoms. The van der Waals surface area contributed by atoms with Gasteiger partial charge in [0, 0.05) is 6.54 Å². The van der Waals surface area contributed by atoms with Crippen molar-refractivity contribution in [2.75, 3.05) is 13.7 Å². The molecule has 0 aliphatic carbocycles. The van der Waals surface area contributed by atoms with E-state index >= 15 is 0 Å². The van der Waals surface area contributed by atoms with E-state index in [1.807, 2.05) is 18.2 Å². The third kappa shape index (κ3) is 4.76. The fourth-order valence-electron chi connectivity index (χ4n) is 2.16. The third-order valence-electron chi connectivity index (χ3n) is 3.55. The number of carbonyl (C=O) groups excluding carboxylic acids is 1. The van der Waals surface area contributed by atoms with Crippen LogP contribution in [0.1, 0.15) is 41.4 Å². The number of nitrogens with one attached hydrogen (secondary N) is 1. The molecule has 3 N–H and O–H groups in total. The van der Waals surface area contributed by atoms with E-state index in [4.69, 9.17) is 19.6 Å². The first kappa shape index (κ1) is 17.9. The standard InChI is InChI=1S/C18H24N2O4/c1-3-4-7-23-16-6-5-13(8-17(16)22-2)11-20-18(21)14-9-15(10-19)24-12-14/h5-6,8-9,12H,3-4,7,10-11,19H2,1-2H3,(H,20,21). The summed E-state index contributed by atoms with van der Waals surface area (Å²) in [5.41, 5.74) is 6.85. The number of hydrogen-bond acceptors (Lipinski definition) is 5. The topological polar surface area (TPSA) is 86.7 Å². The maximum Gasteiger partial charge on any atom is 0.254 e. The molecular formula is C18H24N2O4. The van der Waals surface area contributed by atoms with Gasteiger partial charge in [0.05, 0.1) is 25.8 Å². The first-order valence-electron chi connectivity index (χ1n) is 8.03. The van der Waals surface area contributed by atoms with Gasteiger partial charge in [-0.2, -0.15) is 0 Å². The molecule has 130 valence electrons. The average Bonchev–Trinajstić information content (AvgIpc) is 3.09. The molecule has 0 bridgehead atoms. The Bertz CT molecular complexity index is 667. The Morgan fingerprint density at radius 3 is 2.79 bits per heavy atom. The van der Waals surface area contributed by atoms with Crippen molar-refractivity contribution >= 4 is 5.91 Å². The van der Waals surface area contributed by atoms with Gasteiger partial charge in [0.1, 0.15) is 12.0 Å². The number of nitrogens with two attached hydrogens (primary N) is 1. The van der Waals surface area contributed by atoms with Gasteiger partial charge in [-0.3, -0.25) is 4.79 Å². The summed E-state index contributed by atoms with van der Waals surface area (Å²) in [6, 6.07) is 7.27. The molecule has 24 heavy (non-hydrogen) atoms. The molecule has 0 fully saturated rings. The quantitative estimate of drug-likeness (QED) is 0.690. The summed E-state index contributed by atoms with van der Waals surface area (Å²) >= 11 is 0. The van der Waals surface area contributed by atoms with Crippen LogP contribution in [0.4, 0.5) is 0 Å². The van der Waals surface area contributed by atoms with Gasteiger partial charge >= 0.3 is 0 Å². The lowest BCUT2D eigenvalue weighted by molar-refractivity contribution is 0.0950. The molecule has 0 radical (unpaired) electrons. The molecule has 1 aromatic carbocycles. The summed E-state index contributed by atoms with van der Waals surface area (Å²) in [5, 5.41) is 2.84. The van der Waals surface area contributed by atoms with Crippen molar-refractivity contribution in [2.24, 2.45) is 5.73 Å². The van der Waals surface area contributed by atoms with E-state index in [1.54, 1.807) is 13.2 Å². The Labute approximate surface area is 141 Å². The molecule has 1 aromatic heterocycles. The predicted octanol–water partition coefficient (Wildman–Crippen LogP) is 2.86. The van der Waals surface area contributed by atoms with Crippen molar-refractivity contribution in [3.8, 4) is 11.5 Å². The smallest absolute Gasteiger partial charge is 0.254 e. The highest BCUT2D eigenvalue weighted by Crippen LogP contribution is 2.28. The van der Waals surface area contributed by atoms with Crippen molar-refractivity contribution in [3.05, 3.63) is 47.4 Å². The van der Waals surface area contributed by atoms with Crippen molar-refractivity contribution in [1.82, 2.24) is 5.32 Å². The van der Waals surface area contributed by atoms with Crippen LogP contribution < -0.4 is 20.5 Å². The van der Waals surface area contributed by atoms with Gasteiger partial charge in [-0.1, -0.05) is 19.4 Å². The van der Waals surface area contributed by atoms with E-state index in [0.29, 0.717) is 36.0 Å². The second-order valence-electron chi connectivity index (χ2n) is 5.38. The van der Waals surface area contributed by atoms with Crippen LogP contribution in [0.5, 0.6) is 11.5 Å². The van der Waals surface area contributed by atoms with Crippen LogP contribution in [-0.4, -0.2) is 19.6 Å². The Morgan fingerprint density at radius 1 is 1.29 bits per heavy atom. The van der Waals surface area contributed by atoms with Gasteiger partial charge < -0.3 is 24.9 Å². The molecule has 1 amide bonds. The molecule has 2 rings (SSSR count). The average molecular weight is 332 g/mol. The SMILES string of the molecule is CCCCOc1ccc(CNC(=O)c2coc(CN)c2)cc1OC. The van der Waals surface area contributed by atoms with Crippen molar-refractivity contribution in [2.45, 2.75) is 32.9 Å². The number of hydrogen-bond donors (Lipinski definition) is 2. The third-order valence-corrected chi connectivity index (χ3v) is 3.55. The maximum atomic E-state index is 12.1. The minimum absolute atomic E-state index is 0.208. The van der Waals surface area contributed by atoms with Gasteiger partial charge in [0.25, 0.3) is 5.91 Å². The normalized spacial score (nSPS) is 10.5.